The number of aliphatic hydroxyl groups excluding tert-OH is 1. The van der Waals surface area contributed by atoms with Gasteiger partial charge in [0, 0.05) is 5.56 Å². The zero-order valence-corrected chi connectivity index (χ0v) is 12.0. The number of aliphatic hydroxyl groups is 1. The van der Waals surface area contributed by atoms with Gasteiger partial charge in [-0.05, 0) is 17.9 Å². The van der Waals surface area contributed by atoms with Gasteiger partial charge in [0.25, 0.3) is 0 Å². The van der Waals surface area contributed by atoms with Gasteiger partial charge in [-0.25, -0.2) is 0 Å². The number of rotatable bonds is 5. The maximum atomic E-state index is 10.4. The highest BCUT2D eigenvalue weighted by atomic mass is 16.5. The highest BCUT2D eigenvalue weighted by molar-refractivity contribution is 5.48. The second-order valence-electron chi connectivity index (χ2n) is 5.50. The molecular formula is C15H24O3. The molecule has 0 amide bonds. The Morgan fingerprint density at radius 3 is 2.44 bits per heavy atom. The number of hydrogen-bond acceptors (Lipinski definition) is 3. The molecule has 0 saturated heterocycles. The zero-order valence-electron chi connectivity index (χ0n) is 12.0. The minimum atomic E-state index is -0.584. The van der Waals surface area contributed by atoms with Crippen LogP contribution in [0.15, 0.2) is 18.2 Å². The van der Waals surface area contributed by atoms with Crippen LogP contribution in [0, 0.1) is 5.41 Å². The molecule has 18 heavy (non-hydrogen) atoms. The van der Waals surface area contributed by atoms with Crippen molar-refractivity contribution in [3.05, 3.63) is 23.8 Å². The monoisotopic (exact) mass is 252 g/mol. The van der Waals surface area contributed by atoms with E-state index in [4.69, 9.17) is 9.47 Å². The van der Waals surface area contributed by atoms with Crippen LogP contribution in [-0.4, -0.2) is 18.8 Å². The van der Waals surface area contributed by atoms with Gasteiger partial charge in [0.05, 0.1) is 19.8 Å². The highest BCUT2D eigenvalue weighted by Crippen LogP contribution is 2.41. The fraction of sp³-hybridized carbons (Fsp3) is 0.600. The van der Waals surface area contributed by atoms with Crippen molar-refractivity contribution in [2.24, 2.45) is 5.41 Å². The Kier molecular flexibility index (Phi) is 5.03. The van der Waals surface area contributed by atoms with Crippen molar-refractivity contribution in [3.63, 3.8) is 0 Å². The minimum absolute atomic E-state index is 0.239. The summed E-state index contributed by atoms with van der Waals surface area (Å²) >= 11 is 0. The lowest BCUT2D eigenvalue weighted by Gasteiger charge is -2.28. The molecule has 0 aliphatic rings. The molecule has 0 fully saturated rings. The molecule has 0 radical (unpaired) electrons. The third-order valence-corrected chi connectivity index (χ3v) is 2.79. The van der Waals surface area contributed by atoms with E-state index in [1.807, 2.05) is 39.0 Å². The number of ether oxygens (including phenoxy) is 2. The van der Waals surface area contributed by atoms with Crippen molar-refractivity contribution in [2.75, 3.05) is 13.7 Å². The lowest BCUT2D eigenvalue weighted by molar-refractivity contribution is 0.0593. The first-order valence-electron chi connectivity index (χ1n) is 6.39. The van der Waals surface area contributed by atoms with Crippen LogP contribution >= 0.6 is 0 Å². The quantitative estimate of drug-likeness (QED) is 0.870. The van der Waals surface area contributed by atoms with Crippen molar-refractivity contribution in [1.29, 1.82) is 0 Å². The van der Waals surface area contributed by atoms with Crippen LogP contribution in [0.3, 0.4) is 0 Å². The Hall–Kier alpha value is -1.22. The van der Waals surface area contributed by atoms with Crippen LogP contribution in [0.1, 0.15) is 45.8 Å². The van der Waals surface area contributed by atoms with E-state index in [-0.39, 0.29) is 5.41 Å². The lowest BCUT2D eigenvalue weighted by atomic mass is 9.84. The molecule has 1 aromatic rings. The molecule has 0 heterocycles. The summed E-state index contributed by atoms with van der Waals surface area (Å²) < 4.78 is 11.0. The maximum absolute atomic E-state index is 10.4. The van der Waals surface area contributed by atoms with Gasteiger partial charge in [-0.3, -0.25) is 0 Å². The van der Waals surface area contributed by atoms with E-state index in [9.17, 15) is 5.11 Å². The highest BCUT2D eigenvalue weighted by Gasteiger charge is 2.28. The van der Waals surface area contributed by atoms with E-state index < -0.39 is 6.10 Å². The summed E-state index contributed by atoms with van der Waals surface area (Å²) in [6.07, 6.45) is 0.336. The molecule has 1 aromatic carbocycles. The maximum Gasteiger partial charge on any atom is 0.166 e. The second kappa shape index (κ2) is 6.10. The molecule has 1 atom stereocenters. The van der Waals surface area contributed by atoms with Crippen LogP contribution in [-0.2, 0) is 0 Å². The largest absolute Gasteiger partial charge is 0.493 e. The number of benzene rings is 1. The standard InChI is InChI=1S/C15H24O3/c1-6-10-18-13-11(14(16)15(2,3)4)8-7-9-12(13)17-5/h7-9,14,16H,6,10H2,1-5H3. The molecule has 0 aromatic heterocycles. The summed E-state index contributed by atoms with van der Waals surface area (Å²) in [5.74, 6) is 1.33. The molecule has 3 heteroatoms. The van der Waals surface area contributed by atoms with E-state index in [2.05, 4.69) is 6.92 Å². The van der Waals surface area contributed by atoms with Crippen molar-refractivity contribution < 1.29 is 14.6 Å². The molecule has 1 unspecified atom stereocenters. The van der Waals surface area contributed by atoms with Crippen LogP contribution in [0.5, 0.6) is 11.5 Å². The first kappa shape index (κ1) is 14.8. The van der Waals surface area contributed by atoms with Gasteiger partial charge >= 0.3 is 0 Å². The van der Waals surface area contributed by atoms with Gasteiger partial charge in [0.2, 0.25) is 0 Å². The molecule has 0 aliphatic carbocycles. The smallest absolute Gasteiger partial charge is 0.166 e. The zero-order chi connectivity index (χ0) is 13.8. The molecule has 0 aliphatic heterocycles. The Bertz CT molecular complexity index is 380. The van der Waals surface area contributed by atoms with E-state index >= 15 is 0 Å². The van der Waals surface area contributed by atoms with Gasteiger partial charge in [-0.2, -0.15) is 0 Å². The molecule has 0 saturated carbocycles. The van der Waals surface area contributed by atoms with Crippen LogP contribution in [0.25, 0.3) is 0 Å². The van der Waals surface area contributed by atoms with Crippen LogP contribution in [0.4, 0.5) is 0 Å². The van der Waals surface area contributed by atoms with E-state index in [0.717, 1.165) is 12.0 Å². The van der Waals surface area contributed by atoms with Crippen molar-refractivity contribution >= 4 is 0 Å². The van der Waals surface area contributed by atoms with E-state index in [0.29, 0.717) is 18.1 Å². The molecule has 0 spiro atoms. The summed E-state index contributed by atoms with van der Waals surface area (Å²) in [4.78, 5) is 0. The minimum Gasteiger partial charge on any atom is -0.493 e. The lowest BCUT2D eigenvalue weighted by Crippen LogP contribution is -2.19. The molecule has 0 bridgehead atoms. The van der Waals surface area contributed by atoms with Crippen molar-refractivity contribution in [3.8, 4) is 11.5 Å². The second-order valence-corrected chi connectivity index (χ2v) is 5.50. The van der Waals surface area contributed by atoms with Gasteiger partial charge in [0.1, 0.15) is 0 Å². The first-order valence-corrected chi connectivity index (χ1v) is 6.39. The molecule has 3 nitrogen and oxygen atoms in total. The SMILES string of the molecule is CCCOc1c(OC)cccc1C(O)C(C)(C)C. The summed E-state index contributed by atoms with van der Waals surface area (Å²) in [5.41, 5.74) is 0.548. The summed E-state index contributed by atoms with van der Waals surface area (Å²) in [5, 5.41) is 10.4. The van der Waals surface area contributed by atoms with E-state index in [1.54, 1.807) is 7.11 Å². The topological polar surface area (TPSA) is 38.7 Å². The Morgan fingerprint density at radius 2 is 1.94 bits per heavy atom. The molecule has 102 valence electrons. The summed E-state index contributed by atoms with van der Waals surface area (Å²) in [6.45, 7) is 8.67. The summed E-state index contributed by atoms with van der Waals surface area (Å²) in [7, 11) is 1.61. The number of para-hydroxylation sites is 1. The van der Waals surface area contributed by atoms with Crippen LogP contribution < -0.4 is 9.47 Å². The summed E-state index contributed by atoms with van der Waals surface area (Å²) in [6, 6.07) is 5.62. The van der Waals surface area contributed by atoms with Crippen molar-refractivity contribution in [2.45, 2.75) is 40.2 Å². The first-order chi connectivity index (χ1) is 8.41. The molecule has 1 N–H and O–H groups in total. The van der Waals surface area contributed by atoms with Crippen LogP contribution in [0.2, 0.25) is 0 Å². The van der Waals surface area contributed by atoms with Gasteiger partial charge in [-0.15, -0.1) is 0 Å². The normalized spacial score (nSPS) is 13.2. The Labute approximate surface area is 110 Å². The number of methoxy groups -OCH3 is 1. The Balaban J connectivity index is 3.17. The Morgan fingerprint density at radius 1 is 1.28 bits per heavy atom. The van der Waals surface area contributed by atoms with Crippen molar-refractivity contribution in [1.82, 2.24) is 0 Å². The van der Waals surface area contributed by atoms with Gasteiger partial charge in [-0.1, -0.05) is 39.8 Å². The molecular weight excluding hydrogens is 228 g/mol. The predicted octanol–water partition coefficient (Wildman–Crippen LogP) is 3.56. The number of hydrogen-bond donors (Lipinski definition) is 1. The van der Waals surface area contributed by atoms with E-state index in [1.165, 1.54) is 0 Å². The fourth-order valence-corrected chi connectivity index (χ4v) is 1.73. The predicted molar refractivity (Wildman–Crippen MR) is 73.2 cm³/mol. The van der Waals surface area contributed by atoms with Gasteiger partial charge in [0.15, 0.2) is 11.5 Å². The molecule has 1 rings (SSSR count). The third-order valence-electron chi connectivity index (χ3n) is 2.79. The fourth-order valence-electron chi connectivity index (χ4n) is 1.73. The third kappa shape index (κ3) is 3.39. The average Bonchev–Trinajstić information content (AvgIpc) is 2.33. The average molecular weight is 252 g/mol. The van der Waals surface area contributed by atoms with Gasteiger partial charge < -0.3 is 14.6 Å².